The molecule has 1 aliphatic rings. The van der Waals surface area contributed by atoms with Crippen LogP contribution in [0.5, 0.6) is 11.5 Å². The molecular formula is C21H22ClN3O4. The summed E-state index contributed by atoms with van der Waals surface area (Å²) in [6, 6.07) is 11.1. The number of carbonyl (C=O) groups excluding carboxylic acids is 2. The van der Waals surface area contributed by atoms with Gasteiger partial charge in [0.15, 0.2) is 11.5 Å². The predicted octanol–water partition coefficient (Wildman–Crippen LogP) is 3.97. The van der Waals surface area contributed by atoms with Gasteiger partial charge in [0.25, 0.3) is 5.91 Å². The van der Waals surface area contributed by atoms with Crippen LogP contribution in [0.25, 0.3) is 0 Å². The van der Waals surface area contributed by atoms with E-state index in [1.165, 1.54) is 12.0 Å². The van der Waals surface area contributed by atoms with E-state index in [1.54, 1.807) is 63.5 Å². The normalized spacial score (nSPS) is 16.4. The maximum atomic E-state index is 13.1. The van der Waals surface area contributed by atoms with Crippen molar-refractivity contribution in [2.75, 3.05) is 26.6 Å². The Morgan fingerprint density at radius 2 is 1.76 bits per heavy atom. The van der Waals surface area contributed by atoms with Crippen molar-refractivity contribution in [3.63, 3.8) is 0 Å². The van der Waals surface area contributed by atoms with Gasteiger partial charge in [0.05, 0.1) is 25.8 Å². The highest BCUT2D eigenvalue weighted by atomic mass is 35.5. The van der Waals surface area contributed by atoms with Gasteiger partial charge in [-0.25, -0.2) is 4.79 Å². The van der Waals surface area contributed by atoms with Gasteiger partial charge in [0, 0.05) is 23.5 Å². The van der Waals surface area contributed by atoms with Crippen molar-refractivity contribution < 1.29 is 19.1 Å². The number of benzene rings is 2. The molecule has 0 spiro atoms. The lowest BCUT2D eigenvalue weighted by Gasteiger charge is -2.33. The summed E-state index contributed by atoms with van der Waals surface area (Å²) in [6.07, 6.45) is 0. The molecular weight excluding hydrogens is 394 g/mol. The zero-order valence-corrected chi connectivity index (χ0v) is 17.3. The molecule has 0 radical (unpaired) electrons. The van der Waals surface area contributed by atoms with E-state index in [0.717, 1.165) is 0 Å². The molecule has 0 fully saturated rings. The summed E-state index contributed by atoms with van der Waals surface area (Å²) < 4.78 is 10.6. The minimum absolute atomic E-state index is 0.301. The third kappa shape index (κ3) is 4.14. The largest absolute Gasteiger partial charge is 0.493 e. The SMILES string of the molecule is COc1ccc(C2NC(=O)N(C)C(C)=C2C(=O)Nc2ccc(Cl)cc2)cc1OC. The van der Waals surface area contributed by atoms with Gasteiger partial charge in [0.2, 0.25) is 0 Å². The van der Waals surface area contributed by atoms with Crippen LogP contribution in [-0.2, 0) is 4.79 Å². The van der Waals surface area contributed by atoms with E-state index in [4.69, 9.17) is 21.1 Å². The molecule has 0 saturated heterocycles. The molecule has 2 aromatic rings. The van der Waals surface area contributed by atoms with E-state index >= 15 is 0 Å². The van der Waals surface area contributed by atoms with Crippen molar-refractivity contribution in [3.8, 4) is 11.5 Å². The lowest BCUT2D eigenvalue weighted by Crippen LogP contribution is -2.46. The summed E-state index contributed by atoms with van der Waals surface area (Å²) in [7, 11) is 4.69. The average molecular weight is 416 g/mol. The third-order valence-corrected chi connectivity index (χ3v) is 5.09. The molecule has 1 heterocycles. The molecule has 1 atom stereocenters. The lowest BCUT2D eigenvalue weighted by molar-refractivity contribution is -0.113. The van der Waals surface area contributed by atoms with E-state index in [0.29, 0.717) is 39.0 Å². The topological polar surface area (TPSA) is 79.9 Å². The van der Waals surface area contributed by atoms with Crippen LogP contribution in [0.2, 0.25) is 5.02 Å². The van der Waals surface area contributed by atoms with Crippen LogP contribution < -0.4 is 20.1 Å². The Bertz CT molecular complexity index is 972. The molecule has 2 aromatic carbocycles. The fourth-order valence-corrected chi connectivity index (χ4v) is 3.27. The molecule has 7 nitrogen and oxygen atoms in total. The third-order valence-electron chi connectivity index (χ3n) is 4.84. The van der Waals surface area contributed by atoms with Gasteiger partial charge in [-0.2, -0.15) is 0 Å². The first-order chi connectivity index (χ1) is 13.8. The molecule has 0 saturated carbocycles. The zero-order chi connectivity index (χ0) is 21.1. The highest BCUT2D eigenvalue weighted by Crippen LogP contribution is 2.35. The monoisotopic (exact) mass is 415 g/mol. The Balaban J connectivity index is 2.01. The van der Waals surface area contributed by atoms with E-state index in [-0.39, 0.29) is 11.9 Å². The van der Waals surface area contributed by atoms with Crippen molar-refractivity contribution >= 4 is 29.2 Å². The summed E-state index contributed by atoms with van der Waals surface area (Å²) in [6.45, 7) is 1.74. The first-order valence-corrected chi connectivity index (χ1v) is 9.27. The summed E-state index contributed by atoms with van der Waals surface area (Å²) in [5, 5.41) is 6.32. The Morgan fingerprint density at radius 3 is 2.38 bits per heavy atom. The minimum atomic E-state index is -0.647. The van der Waals surface area contributed by atoms with Crippen molar-refractivity contribution in [2.45, 2.75) is 13.0 Å². The Morgan fingerprint density at radius 1 is 1.10 bits per heavy atom. The molecule has 3 rings (SSSR count). The number of nitrogens with zero attached hydrogens (tertiary/aromatic N) is 1. The van der Waals surface area contributed by atoms with Crippen LogP contribution in [-0.4, -0.2) is 38.1 Å². The minimum Gasteiger partial charge on any atom is -0.493 e. The van der Waals surface area contributed by atoms with Crippen LogP contribution in [0.15, 0.2) is 53.7 Å². The Hall–Kier alpha value is -3.19. The van der Waals surface area contributed by atoms with E-state index in [1.807, 2.05) is 0 Å². The van der Waals surface area contributed by atoms with Gasteiger partial charge < -0.3 is 25.0 Å². The number of carbonyl (C=O) groups is 2. The smallest absolute Gasteiger partial charge is 0.322 e. The van der Waals surface area contributed by atoms with Gasteiger partial charge in [-0.05, 0) is 48.9 Å². The maximum Gasteiger partial charge on any atom is 0.322 e. The number of halogens is 1. The number of hydrogen-bond acceptors (Lipinski definition) is 4. The van der Waals surface area contributed by atoms with Crippen LogP contribution in [0.1, 0.15) is 18.5 Å². The van der Waals surface area contributed by atoms with Crippen LogP contribution >= 0.6 is 11.6 Å². The van der Waals surface area contributed by atoms with Gasteiger partial charge in [-0.15, -0.1) is 0 Å². The van der Waals surface area contributed by atoms with Gasteiger partial charge >= 0.3 is 6.03 Å². The van der Waals surface area contributed by atoms with E-state index < -0.39 is 6.04 Å². The number of ether oxygens (including phenoxy) is 2. The summed E-state index contributed by atoms with van der Waals surface area (Å²) in [4.78, 5) is 27.0. The maximum absolute atomic E-state index is 13.1. The second-order valence-corrected chi connectivity index (χ2v) is 6.95. The number of methoxy groups -OCH3 is 2. The molecule has 2 N–H and O–H groups in total. The molecule has 0 bridgehead atoms. The molecule has 8 heteroatoms. The lowest BCUT2D eigenvalue weighted by atomic mass is 9.94. The van der Waals surface area contributed by atoms with E-state index in [2.05, 4.69) is 10.6 Å². The van der Waals surface area contributed by atoms with Crippen LogP contribution in [0.3, 0.4) is 0 Å². The second kappa shape index (κ2) is 8.45. The molecule has 29 heavy (non-hydrogen) atoms. The van der Waals surface area contributed by atoms with Crippen molar-refractivity contribution in [1.29, 1.82) is 0 Å². The molecule has 1 unspecified atom stereocenters. The fraction of sp³-hybridized carbons (Fsp3) is 0.238. The number of hydrogen-bond donors (Lipinski definition) is 2. The standard InChI is InChI=1S/C21H22ClN3O4/c1-12-18(20(26)23-15-8-6-14(22)7-9-15)19(24-21(27)25(12)2)13-5-10-16(28-3)17(11-13)29-4/h5-11,19H,1-4H3,(H,23,26)(H,24,27). The zero-order valence-electron chi connectivity index (χ0n) is 16.6. The number of anilines is 1. The van der Waals surface area contributed by atoms with Gasteiger partial charge in [0.1, 0.15) is 0 Å². The quantitative estimate of drug-likeness (QED) is 0.774. The highest BCUT2D eigenvalue weighted by molar-refractivity contribution is 6.30. The molecule has 1 aliphatic heterocycles. The molecule has 0 aromatic heterocycles. The highest BCUT2D eigenvalue weighted by Gasteiger charge is 2.34. The molecule has 152 valence electrons. The van der Waals surface area contributed by atoms with Crippen molar-refractivity contribution in [2.24, 2.45) is 0 Å². The van der Waals surface area contributed by atoms with Crippen molar-refractivity contribution in [1.82, 2.24) is 10.2 Å². The fourth-order valence-electron chi connectivity index (χ4n) is 3.14. The molecule has 0 aliphatic carbocycles. The number of urea groups is 1. The Labute approximate surface area is 174 Å². The number of allylic oxidation sites excluding steroid dienone is 1. The second-order valence-electron chi connectivity index (χ2n) is 6.52. The number of rotatable bonds is 5. The number of amides is 3. The summed E-state index contributed by atoms with van der Waals surface area (Å²) in [5.41, 5.74) is 2.28. The van der Waals surface area contributed by atoms with Crippen molar-refractivity contribution in [3.05, 3.63) is 64.3 Å². The van der Waals surface area contributed by atoms with Gasteiger partial charge in [-0.1, -0.05) is 17.7 Å². The molecule has 3 amide bonds. The first kappa shape index (κ1) is 20.5. The van der Waals surface area contributed by atoms with E-state index in [9.17, 15) is 9.59 Å². The predicted molar refractivity (Wildman–Crippen MR) is 111 cm³/mol. The summed E-state index contributed by atoms with van der Waals surface area (Å²) in [5.74, 6) is 0.744. The summed E-state index contributed by atoms with van der Waals surface area (Å²) >= 11 is 5.91. The van der Waals surface area contributed by atoms with Gasteiger partial charge in [-0.3, -0.25) is 4.79 Å². The van der Waals surface area contributed by atoms with Crippen LogP contribution in [0, 0.1) is 0 Å². The number of nitrogens with one attached hydrogen (secondary N) is 2. The van der Waals surface area contributed by atoms with Crippen LogP contribution in [0.4, 0.5) is 10.5 Å². The Kier molecular flexibility index (Phi) is 5.98. The average Bonchev–Trinajstić information content (AvgIpc) is 2.72. The first-order valence-electron chi connectivity index (χ1n) is 8.89.